The van der Waals surface area contributed by atoms with Crippen molar-refractivity contribution in [1.29, 1.82) is 0 Å². The molecular weight excluding hydrogens is 380 g/mol. The minimum Gasteiger partial charge on any atom is -0.489 e. The first-order chi connectivity index (χ1) is 14.3. The third kappa shape index (κ3) is 6.24. The van der Waals surface area contributed by atoms with Crippen LogP contribution in [-0.2, 0) is 22.7 Å². The first-order valence-corrected chi connectivity index (χ1v) is 10.3. The Bertz CT molecular complexity index is 844. The van der Waals surface area contributed by atoms with E-state index in [9.17, 15) is 9.59 Å². The fourth-order valence-electron chi connectivity index (χ4n) is 3.33. The summed E-state index contributed by atoms with van der Waals surface area (Å²) in [6, 6.07) is 17.2. The minimum absolute atomic E-state index is 0.150. The summed E-state index contributed by atoms with van der Waals surface area (Å²) < 4.78 is 11.2. The van der Waals surface area contributed by atoms with Crippen molar-refractivity contribution in [3.05, 3.63) is 65.7 Å². The van der Waals surface area contributed by atoms with E-state index in [0.717, 1.165) is 23.3 Å². The topological polar surface area (TPSA) is 67.9 Å². The smallest absolute Gasteiger partial charge is 0.410 e. The van der Waals surface area contributed by atoms with E-state index < -0.39 is 17.7 Å². The van der Waals surface area contributed by atoms with Crippen molar-refractivity contribution in [1.82, 2.24) is 10.2 Å². The molecule has 160 valence electrons. The lowest BCUT2D eigenvalue weighted by Gasteiger charge is -2.28. The van der Waals surface area contributed by atoms with E-state index in [2.05, 4.69) is 5.32 Å². The fraction of sp³-hybridized carbons (Fsp3) is 0.417. The molecule has 0 radical (unpaired) electrons. The summed E-state index contributed by atoms with van der Waals surface area (Å²) in [6.45, 7) is 6.92. The predicted octanol–water partition coefficient (Wildman–Crippen LogP) is 4.28. The minimum atomic E-state index is -0.578. The first-order valence-electron chi connectivity index (χ1n) is 10.3. The zero-order chi connectivity index (χ0) is 21.6. The Morgan fingerprint density at radius 1 is 1.03 bits per heavy atom. The van der Waals surface area contributed by atoms with Gasteiger partial charge in [0.25, 0.3) is 0 Å². The molecule has 0 aliphatic carbocycles. The number of nitrogens with zero attached hydrogens (tertiary/aromatic N) is 1. The number of carbonyl (C=O) groups is 2. The highest BCUT2D eigenvalue weighted by Gasteiger charge is 2.36. The van der Waals surface area contributed by atoms with E-state index in [1.165, 1.54) is 4.90 Å². The Hall–Kier alpha value is -3.02. The van der Waals surface area contributed by atoms with Crippen LogP contribution >= 0.6 is 0 Å². The van der Waals surface area contributed by atoms with E-state index in [1.807, 2.05) is 75.4 Å². The van der Waals surface area contributed by atoms with Crippen LogP contribution in [-0.4, -0.2) is 35.1 Å². The zero-order valence-corrected chi connectivity index (χ0v) is 17.9. The van der Waals surface area contributed by atoms with Gasteiger partial charge >= 0.3 is 6.09 Å². The lowest BCUT2D eigenvalue weighted by Crippen LogP contribution is -2.47. The SMILES string of the molecule is CC(C)(C)OC(=O)N1CCCC1C(=O)NCc1ccc(OCc2ccccc2)cc1. The Kier molecular flexibility index (Phi) is 6.98. The highest BCUT2D eigenvalue weighted by atomic mass is 16.6. The second-order valence-electron chi connectivity index (χ2n) is 8.47. The summed E-state index contributed by atoms with van der Waals surface area (Å²) in [6.07, 6.45) is 1.02. The molecule has 3 rings (SSSR count). The van der Waals surface area contributed by atoms with Crippen molar-refractivity contribution in [2.45, 2.75) is 58.4 Å². The number of amides is 2. The van der Waals surface area contributed by atoms with Crippen LogP contribution < -0.4 is 10.1 Å². The number of rotatable bonds is 6. The number of ether oxygens (including phenoxy) is 2. The molecule has 0 spiro atoms. The molecule has 1 N–H and O–H groups in total. The van der Waals surface area contributed by atoms with Gasteiger partial charge in [0.15, 0.2) is 0 Å². The largest absolute Gasteiger partial charge is 0.489 e. The Balaban J connectivity index is 1.48. The van der Waals surface area contributed by atoms with Gasteiger partial charge < -0.3 is 14.8 Å². The van der Waals surface area contributed by atoms with Gasteiger partial charge in [-0.25, -0.2) is 4.79 Å². The maximum absolute atomic E-state index is 12.6. The Labute approximate surface area is 178 Å². The van der Waals surface area contributed by atoms with Crippen LogP contribution in [0.3, 0.4) is 0 Å². The molecule has 0 bridgehead atoms. The Morgan fingerprint density at radius 2 is 1.73 bits per heavy atom. The highest BCUT2D eigenvalue weighted by molar-refractivity contribution is 5.86. The van der Waals surface area contributed by atoms with Crippen molar-refractivity contribution < 1.29 is 19.1 Å². The summed E-state index contributed by atoms with van der Waals surface area (Å²) in [5.41, 5.74) is 1.50. The lowest BCUT2D eigenvalue weighted by molar-refractivity contribution is -0.125. The van der Waals surface area contributed by atoms with Gasteiger partial charge in [0.1, 0.15) is 24.0 Å². The maximum atomic E-state index is 12.6. The molecular formula is C24H30N2O4. The van der Waals surface area contributed by atoms with Gasteiger partial charge in [-0.3, -0.25) is 9.69 Å². The molecule has 6 heteroatoms. The average molecular weight is 411 g/mol. The molecule has 30 heavy (non-hydrogen) atoms. The molecule has 1 unspecified atom stereocenters. The van der Waals surface area contributed by atoms with Crippen molar-refractivity contribution in [2.75, 3.05) is 6.54 Å². The van der Waals surface area contributed by atoms with Crippen LogP contribution in [0.15, 0.2) is 54.6 Å². The predicted molar refractivity (Wildman–Crippen MR) is 115 cm³/mol. The summed E-state index contributed by atoms with van der Waals surface area (Å²) in [4.78, 5) is 26.5. The monoisotopic (exact) mass is 410 g/mol. The molecule has 1 saturated heterocycles. The first kappa shape index (κ1) is 21.7. The van der Waals surface area contributed by atoms with Crippen LogP contribution in [0.1, 0.15) is 44.7 Å². The van der Waals surface area contributed by atoms with E-state index in [1.54, 1.807) is 0 Å². The molecule has 1 heterocycles. The molecule has 1 fully saturated rings. The molecule has 2 aromatic carbocycles. The van der Waals surface area contributed by atoms with Crippen molar-refractivity contribution >= 4 is 12.0 Å². The molecule has 2 amide bonds. The quantitative estimate of drug-likeness (QED) is 0.772. The summed E-state index contributed by atoms with van der Waals surface area (Å²) >= 11 is 0. The standard InChI is InChI=1S/C24H30N2O4/c1-24(2,3)30-23(28)26-15-7-10-21(26)22(27)25-16-18-11-13-20(14-12-18)29-17-19-8-5-4-6-9-19/h4-6,8-9,11-14,21H,7,10,15-17H2,1-3H3,(H,25,27). The van der Waals surface area contributed by atoms with E-state index in [-0.39, 0.29) is 5.91 Å². The van der Waals surface area contributed by atoms with Gasteiger partial charge in [0, 0.05) is 13.1 Å². The summed E-state index contributed by atoms with van der Waals surface area (Å²) in [7, 11) is 0. The molecule has 6 nitrogen and oxygen atoms in total. The van der Waals surface area contributed by atoms with E-state index >= 15 is 0 Å². The summed E-state index contributed by atoms with van der Waals surface area (Å²) in [5.74, 6) is 0.628. The van der Waals surface area contributed by atoms with Crippen LogP contribution in [0.4, 0.5) is 4.79 Å². The van der Waals surface area contributed by atoms with Gasteiger partial charge in [0.2, 0.25) is 5.91 Å². The third-order valence-electron chi connectivity index (χ3n) is 4.82. The van der Waals surface area contributed by atoms with Crippen LogP contribution in [0, 0.1) is 0 Å². The molecule has 0 saturated carbocycles. The fourth-order valence-corrected chi connectivity index (χ4v) is 3.33. The van der Waals surface area contributed by atoms with Crippen molar-refractivity contribution in [3.63, 3.8) is 0 Å². The average Bonchev–Trinajstić information content (AvgIpc) is 3.21. The second kappa shape index (κ2) is 9.65. The van der Waals surface area contributed by atoms with Crippen molar-refractivity contribution in [2.24, 2.45) is 0 Å². The number of hydrogen-bond acceptors (Lipinski definition) is 4. The third-order valence-corrected chi connectivity index (χ3v) is 4.82. The number of carbonyl (C=O) groups excluding carboxylic acids is 2. The van der Waals surface area contributed by atoms with Gasteiger partial charge in [-0.2, -0.15) is 0 Å². The van der Waals surface area contributed by atoms with Crippen molar-refractivity contribution in [3.8, 4) is 5.75 Å². The van der Waals surface area contributed by atoms with E-state index in [4.69, 9.17) is 9.47 Å². The van der Waals surface area contributed by atoms with Crippen LogP contribution in [0.5, 0.6) is 5.75 Å². The lowest BCUT2D eigenvalue weighted by atomic mass is 10.2. The summed E-state index contributed by atoms with van der Waals surface area (Å²) in [5, 5.41) is 2.94. The molecule has 1 aliphatic rings. The zero-order valence-electron chi connectivity index (χ0n) is 17.9. The Morgan fingerprint density at radius 3 is 2.40 bits per heavy atom. The molecule has 1 atom stereocenters. The maximum Gasteiger partial charge on any atom is 0.410 e. The van der Waals surface area contributed by atoms with Gasteiger partial charge in [0.05, 0.1) is 0 Å². The van der Waals surface area contributed by atoms with E-state index in [0.29, 0.717) is 26.1 Å². The van der Waals surface area contributed by atoms with Gasteiger partial charge in [-0.1, -0.05) is 42.5 Å². The van der Waals surface area contributed by atoms with Crippen LogP contribution in [0.2, 0.25) is 0 Å². The highest BCUT2D eigenvalue weighted by Crippen LogP contribution is 2.21. The van der Waals surface area contributed by atoms with Gasteiger partial charge in [-0.15, -0.1) is 0 Å². The normalized spacial score (nSPS) is 16.2. The number of benzene rings is 2. The number of nitrogens with one attached hydrogen (secondary N) is 1. The number of hydrogen-bond donors (Lipinski definition) is 1. The second-order valence-corrected chi connectivity index (χ2v) is 8.47. The molecule has 0 aromatic heterocycles. The van der Waals surface area contributed by atoms with Crippen LogP contribution in [0.25, 0.3) is 0 Å². The molecule has 1 aliphatic heterocycles. The number of likely N-dealkylation sites (tertiary alicyclic amines) is 1. The molecule has 2 aromatic rings. The van der Waals surface area contributed by atoms with Gasteiger partial charge in [-0.05, 0) is 56.9 Å².